The lowest BCUT2D eigenvalue weighted by molar-refractivity contribution is 0.577. The van der Waals surface area contributed by atoms with Crippen molar-refractivity contribution in [1.82, 2.24) is 9.88 Å². The van der Waals surface area contributed by atoms with Crippen LogP contribution in [0.25, 0.3) is 0 Å². The van der Waals surface area contributed by atoms with Gasteiger partial charge in [0.05, 0.1) is 0 Å². The Balaban J connectivity index is 1.75. The molecule has 2 nitrogen and oxygen atoms in total. The quantitative estimate of drug-likeness (QED) is 0.767. The van der Waals surface area contributed by atoms with Crippen molar-refractivity contribution < 1.29 is 8.78 Å². The third kappa shape index (κ3) is 4.46. The lowest BCUT2D eigenvalue weighted by atomic mass is 10.1. The number of benzene rings is 1. The molecule has 4 heteroatoms. The Morgan fingerprint density at radius 1 is 1.10 bits per heavy atom. The van der Waals surface area contributed by atoms with Gasteiger partial charge in [0, 0.05) is 31.5 Å². The van der Waals surface area contributed by atoms with Crippen molar-refractivity contribution in [3.8, 4) is 0 Å². The molecule has 2 aromatic rings. The van der Waals surface area contributed by atoms with E-state index in [2.05, 4.69) is 35.3 Å². The molecule has 0 saturated carbocycles. The maximum absolute atomic E-state index is 13.0. The topological polar surface area (TPSA) is 17.0 Å². The van der Waals surface area contributed by atoms with Gasteiger partial charge in [-0.3, -0.25) is 0 Å². The first kappa shape index (κ1) is 14.7. The zero-order valence-corrected chi connectivity index (χ0v) is 11.7. The van der Waals surface area contributed by atoms with E-state index in [1.165, 1.54) is 17.7 Å². The van der Waals surface area contributed by atoms with E-state index in [9.17, 15) is 8.78 Å². The molecule has 0 radical (unpaired) electrons. The van der Waals surface area contributed by atoms with Crippen molar-refractivity contribution in [3.05, 3.63) is 59.4 Å². The molecule has 108 valence electrons. The molecule has 2 rings (SSSR count). The fourth-order valence-corrected chi connectivity index (χ4v) is 2.21. The molecule has 1 N–H and O–H groups in total. The summed E-state index contributed by atoms with van der Waals surface area (Å²) in [5, 5.41) is 3.29. The Morgan fingerprint density at radius 2 is 1.85 bits per heavy atom. The molecule has 1 aromatic heterocycles. The van der Waals surface area contributed by atoms with Crippen LogP contribution < -0.4 is 5.32 Å². The Labute approximate surface area is 118 Å². The summed E-state index contributed by atoms with van der Waals surface area (Å²) in [4.78, 5) is 0. The van der Waals surface area contributed by atoms with Crippen LogP contribution in [0.15, 0.2) is 36.7 Å². The number of halogens is 2. The zero-order chi connectivity index (χ0) is 14.4. The van der Waals surface area contributed by atoms with Gasteiger partial charge < -0.3 is 9.88 Å². The Morgan fingerprint density at radius 3 is 2.55 bits per heavy atom. The van der Waals surface area contributed by atoms with E-state index in [4.69, 9.17) is 0 Å². The van der Waals surface area contributed by atoms with Crippen LogP contribution in [0.5, 0.6) is 0 Å². The van der Waals surface area contributed by atoms with Crippen LogP contribution in [-0.4, -0.2) is 11.1 Å². The fraction of sp³-hybridized carbons (Fsp3) is 0.375. The molecule has 0 aliphatic rings. The SMILES string of the molecule is CCCn1ccc(CNCCc2cc(F)cc(F)c2)c1. The van der Waals surface area contributed by atoms with Crippen LogP contribution in [-0.2, 0) is 19.5 Å². The summed E-state index contributed by atoms with van der Waals surface area (Å²) in [5.74, 6) is -1.03. The van der Waals surface area contributed by atoms with Crippen LogP contribution in [0.3, 0.4) is 0 Å². The van der Waals surface area contributed by atoms with Gasteiger partial charge in [0.2, 0.25) is 0 Å². The van der Waals surface area contributed by atoms with Crippen LogP contribution in [0.4, 0.5) is 8.78 Å². The highest BCUT2D eigenvalue weighted by atomic mass is 19.1. The largest absolute Gasteiger partial charge is 0.354 e. The third-order valence-electron chi connectivity index (χ3n) is 3.14. The number of rotatable bonds is 7. The summed E-state index contributed by atoms with van der Waals surface area (Å²) in [7, 11) is 0. The van der Waals surface area contributed by atoms with Gasteiger partial charge in [0.25, 0.3) is 0 Å². The van der Waals surface area contributed by atoms with E-state index in [-0.39, 0.29) is 0 Å². The fourth-order valence-electron chi connectivity index (χ4n) is 2.21. The van der Waals surface area contributed by atoms with Crippen molar-refractivity contribution in [1.29, 1.82) is 0 Å². The smallest absolute Gasteiger partial charge is 0.126 e. The normalized spacial score (nSPS) is 10.9. The molecule has 0 fully saturated rings. The van der Waals surface area contributed by atoms with Crippen molar-refractivity contribution in [2.75, 3.05) is 6.54 Å². The Kier molecular flexibility index (Phi) is 5.30. The highest BCUT2D eigenvalue weighted by Crippen LogP contribution is 2.08. The van der Waals surface area contributed by atoms with Crippen LogP contribution >= 0.6 is 0 Å². The van der Waals surface area contributed by atoms with E-state index < -0.39 is 11.6 Å². The maximum Gasteiger partial charge on any atom is 0.126 e. The van der Waals surface area contributed by atoms with Crippen molar-refractivity contribution in [2.45, 2.75) is 32.9 Å². The Hall–Kier alpha value is -1.68. The molecule has 1 heterocycles. The number of aryl methyl sites for hydroxylation is 1. The third-order valence-corrected chi connectivity index (χ3v) is 3.14. The summed E-state index contributed by atoms with van der Waals surface area (Å²) in [6, 6.07) is 5.74. The molecule has 0 bridgehead atoms. The molecule has 0 atom stereocenters. The number of aromatic nitrogens is 1. The molecular formula is C16H20F2N2. The molecule has 0 aliphatic heterocycles. The van der Waals surface area contributed by atoms with Crippen molar-refractivity contribution in [3.63, 3.8) is 0 Å². The molecule has 0 saturated heterocycles. The molecule has 0 amide bonds. The van der Waals surface area contributed by atoms with E-state index in [1.54, 1.807) is 0 Å². The average Bonchev–Trinajstić information content (AvgIpc) is 2.82. The van der Waals surface area contributed by atoms with E-state index >= 15 is 0 Å². The maximum atomic E-state index is 13.0. The van der Waals surface area contributed by atoms with Crippen molar-refractivity contribution >= 4 is 0 Å². The first-order valence-corrected chi connectivity index (χ1v) is 6.97. The van der Waals surface area contributed by atoms with Crippen molar-refractivity contribution in [2.24, 2.45) is 0 Å². The summed E-state index contributed by atoms with van der Waals surface area (Å²) in [5.41, 5.74) is 1.91. The van der Waals surface area contributed by atoms with Gasteiger partial charge in [-0.15, -0.1) is 0 Å². The first-order chi connectivity index (χ1) is 9.67. The minimum Gasteiger partial charge on any atom is -0.354 e. The summed E-state index contributed by atoms with van der Waals surface area (Å²) in [6.45, 7) is 4.65. The van der Waals surface area contributed by atoms with Crippen LogP contribution in [0.1, 0.15) is 24.5 Å². The Bertz CT molecular complexity index is 529. The zero-order valence-electron chi connectivity index (χ0n) is 11.7. The monoisotopic (exact) mass is 278 g/mol. The second-order valence-corrected chi connectivity index (χ2v) is 4.96. The van der Waals surface area contributed by atoms with Gasteiger partial charge >= 0.3 is 0 Å². The van der Waals surface area contributed by atoms with E-state index in [0.717, 1.165) is 25.6 Å². The first-order valence-electron chi connectivity index (χ1n) is 6.97. The molecule has 0 aliphatic carbocycles. The number of nitrogens with zero attached hydrogens (tertiary/aromatic N) is 1. The summed E-state index contributed by atoms with van der Waals surface area (Å²) >= 11 is 0. The lowest BCUT2D eigenvalue weighted by Crippen LogP contribution is -2.16. The molecule has 20 heavy (non-hydrogen) atoms. The summed E-state index contributed by atoms with van der Waals surface area (Å²) in [6.07, 6.45) is 5.93. The molecule has 0 spiro atoms. The second-order valence-electron chi connectivity index (χ2n) is 4.96. The predicted octanol–water partition coefficient (Wildman–Crippen LogP) is 3.51. The van der Waals surface area contributed by atoms with Gasteiger partial charge in [-0.1, -0.05) is 6.92 Å². The van der Waals surface area contributed by atoms with Crippen LogP contribution in [0.2, 0.25) is 0 Å². The predicted molar refractivity (Wildman–Crippen MR) is 76.5 cm³/mol. The minimum absolute atomic E-state index is 0.517. The molecule has 0 unspecified atom stereocenters. The van der Waals surface area contributed by atoms with Gasteiger partial charge in [0.15, 0.2) is 0 Å². The van der Waals surface area contributed by atoms with Crippen LogP contribution in [0, 0.1) is 11.6 Å². The minimum atomic E-state index is -0.517. The molecular weight excluding hydrogens is 258 g/mol. The van der Waals surface area contributed by atoms with E-state index in [1.807, 2.05) is 0 Å². The number of hydrogen-bond donors (Lipinski definition) is 1. The number of hydrogen-bond acceptors (Lipinski definition) is 1. The van der Waals surface area contributed by atoms with Gasteiger partial charge in [0.1, 0.15) is 11.6 Å². The average molecular weight is 278 g/mol. The number of nitrogens with one attached hydrogen (secondary N) is 1. The van der Waals surface area contributed by atoms with Gasteiger partial charge in [-0.05, 0) is 48.7 Å². The summed E-state index contributed by atoms with van der Waals surface area (Å²) < 4.78 is 28.2. The second kappa shape index (κ2) is 7.20. The van der Waals surface area contributed by atoms with E-state index in [0.29, 0.717) is 18.5 Å². The standard InChI is InChI=1S/C16H20F2N2/c1-2-6-20-7-4-14(12-20)11-19-5-3-13-8-15(17)10-16(18)9-13/h4,7-10,12,19H,2-3,5-6,11H2,1H3. The molecule has 1 aromatic carbocycles. The highest BCUT2D eigenvalue weighted by Gasteiger charge is 2.01. The highest BCUT2D eigenvalue weighted by molar-refractivity contribution is 5.18. The van der Waals surface area contributed by atoms with Gasteiger partial charge in [-0.2, -0.15) is 0 Å². The van der Waals surface area contributed by atoms with Gasteiger partial charge in [-0.25, -0.2) is 8.78 Å². The lowest BCUT2D eigenvalue weighted by Gasteiger charge is -2.04.